The maximum atomic E-state index is 14.1. The molecular formula is C31H45N3O8S. The highest BCUT2D eigenvalue weighted by Crippen LogP contribution is 2.33. The van der Waals surface area contributed by atoms with E-state index < -0.39 is 16.1 Å². The minimum Gasteiger partial charge on any atom is -0.490 e. The molecule has 238 valence electrons. The van der Waals surface area contributed by atoms with Crippen LogP contribution in [0, 0.1) is 5.92 Å². The Labute approximate surface area is 255 Å². The first kappa shape index (κ1) is 32.8. The van der Waals surface area contributed by atoms with Gasteiger partial charge in [-0.05, 0) is 76.1 Å². The summed E-state index contributed by atoms with van der Waals surface area (Å²) < 4.78 is 49.9. The quantitative estimate of drug-likeness (QED) is 0.455. The van der Waals surface area contributed by atoms with Gasteiger partial charge in [0.1, 0.15) is 5.75 Å². The van der Waals surface area contributed by atoms with Crippen LogP contribution in [0.2, 0.25) is 0 Å². The molecule has 2 aromatic carbocycles. The topological polar surface area (TPSA) is 127 Å². The summed E-state index contributed by atoms with van der Waals surface area (Å²) in [5.41, 5.74) is 1.60. The van der Waals surface area contributed by atoms with Crippen molar-refractivity contribution in [2.75, 3.05) is 51.1 Å². The Hall–Kier alpha value is -3.06. The molecule has 2 heterocycles. The van der Waals surface area contributed by atoms with Crippen LogP contribution in [-0.4, -0.2) is 93.9 Å². The Bertz CT molecular complexity index is 1350. The highest BCUT2D eigenvalue weighted by molar-refractivity contribution is 7.92. The summed E-state index contributed by atoms with van der Waals surface area (Å²) in [6.07, 6.45) is 3.22. The fourth-order valence-electron chi connectivity index (χ4n) is 5.39. The number of amides is 1. The van der Waals surface area contributed by atoms with Crippen LogP contribution in [0.5, 0.6) is 17.2 Å². The molecule has 0 fully saturated rings. The lowest BCUT2D eigenvalue weighted by Crippen LogP contribution is -2.47. The van der Waals surface area contributed by atoms with Crippen LogP contribution in [0.25, 0.3) is 0 Å². The Morgan fingerprint density at radius 3 is 2.58 bits per heavy atom. The normalized spacial score (nSPS) is 22.4. The van der Waals surface area contributed by atoms with E-state index in [0.29, 0.717) is 32.0 Å². The van der Waals surface area contributed by atoms with E-state index in [9.17, 15) is 18.3 Å². The fourth-order valence-corrected chi connectivity index (χ4v) is 5.94. The highest BCUT2D eigenvalue weighted by Gasteiger charge is 2.30. The van der Waals surface area contributed by atoms with Crippen LogP contribution >= 0.6 is 0 Å². The van der Waals surface area contributed by atoms with Crippen molar-refractivity contribution in [2.45, 2.75) is 64.8 Å². The molecule has 0 aliphatic carbocycles. The number of carbonyl (C=O) groups excluding carboxylic acids is 1. The summed E-state index contributed by atoms with van der Waals surface area (Å²) in [4.78, 5) is 17.9. The lowest BCUT2D eigenvalue weighted by molar-refractivity contribution is -0.0177. The first-order valence-electron chi connectivity index (χ1n) is 14.8. The third-order valence-corrected chi connectivity index (χ3v) is 8.34. The van der Waals surface area contributed by atoms with Crippen molar-refractivity contribution in [3.8, 4) is 17.2 Å². The first-order valence-corrected chi connectivity index (χ1v) is 16.7. The van der Waals surface area contributed by atoms with Crippen molar-refractivity contribution in [3.05, 3.63) is 47.5 Å². The monoisotopic (exact) mass is 619 g/mol. The van der Waals surface area contributed by atoms with Gasteiger partial charge in [0.25, 0.3) is 5.91 Å². The predicted octanol–water partition coefficient (Wildman–Crippen LogP) is 3.71. The van der Waals surface area contributed by atoms with E-state index in [-0.39, 0.29) is 48.7 Å². The summed E-state index contributed by atoms with van der Waals surface area (Å²) in [6.45, 7) is 8.00. The summed E-state index contributed by atoms with van der Waals surface area (Å²) in [6, 6.07) is 10.2. The van der Waals surface area contributed by atoms with Crippen LogP contribution in [0.3, 0.4) is 0 Å². The summed E-state index contributed by atoms with van der Waals surface area (Å²) >= 11 is 0. The Morgan fingerprint density at radius 1 is 1.09 bits per heavy atom. The van der Waals surface area contributed by atoms with Gasteiger partial charge in [-0.25, -0.2) is 8.42 Å². The number of nitrogens with zero attached hydrogens (tertiary/aromatic N) is 2. The smallest absolute Gasteiger partial charge is 0.258 e. The third kappa shape index (κ3) is 9.21. The molecule has 12 heteroatoms. The van der Waals surface area contributed by atoms with Gasteiger partial charge in [0, 0.05) is 37.8 Å². The molecular weight excluding hydrogens is 574 g/mol. The van der Waals surface area contributed by atoms with Gasteiger partial charge in [0.2, 0.25) is 16.8 Å². The van der Waals surface area contributed by atoms with Gasteiger partial charge in [-0.2, -0.15) is 0 Å². The summed E-state index contributed by atoms with van der Waals surface area (Å²) in [5.74, 6) is 1.44. The third-order valence-electron chi connectivity index (χ3n) is 7.74. The molecule has 4 atom stereocenters. The fraction of sp³-hybridized carbons (Fsp3) is 0.581. The average molecular weight is 620 g/mol. The number of fused-ring (bicyclic) bond motifs is 2. The number of anilines is 1. The average Bonchev–Trinajstić information content (AvgIpc) is 3.41. The Morgan fingerprint density at radius 2 is 1.84 bits per heavy atom. The summed E-state index contributed by atoms with van der Waals surface area (Å²) in [7, 11) is -1.52. The number of likely N-dealkylation sites (N-methyl/N-ethyl adjacent to an activating group) is 1. The molecule has 0 radical (unpaired) electrons. The van der Waals surface area contributed by atoms with E-state index in [0.717, 1.165) is 42.6 Å². The maximum Gasteiger partial charge on any atom is 0.258 e. The largest absolute Gasteiger partial charge is 0.490 e. The molecule has 4 rings (SSSR count). The standard InChI is InChI=1S/C31H45N3O8S/c1-21-16-34(22(2)19-35)31(36)26-15-25(32-43(5,37)38)10-12-27(26)42-23(3)8-6-7-13-39-30(21)18-33(4)17-24-9-11-28-29(14-24)41-20-40-28/h9-12,14-15,21-23,30,32,35H,6-8,13,16-20H2,1-5H3/t21-,22+,23+,30+/m1/s1. The molecule has 0 aromatic heterocycles. The van der Waals surface area contributed by atoms with Crippen molar-refractivity contribution in [1.29, 1.82) is 0 Å². The van der Waals surface area contributed by atoms with Crippen LogP contribution in [-0.2, 0) is 21.3 Å². The Balaban J connectivity index is 1.59. The molecule has 2 aliphatic rings. The molecule has 11 nitrogen and oxygen atoms in total. The van der Waals surface area contributed by atoms with Gasteiger partial charge in [-0.15, -0.1) is 0 Å². The second kappa shape index (κ2) is 14.6. The number of sulfonamides is 1. The van der Waals surface area contributed by atoms with Gasteiger partial charge < -0.3 is 29.0 Å². The van der Waals surface area contributed by atoms with Crippen LogP contribution in [0.15, 0.2) is 36.4 Å². The van der Waals surface area contributed by atoms with E-state index in [1.54, 1.807) is 24.0 Å². The molecule has 0 saturated heterocycles. The van der Waals surface area contributed by atoms with Crippen molar-refractivity contribution in [2.24, 2.45) is 5.92 Å². The predicted molar refractivity (Wildman–Crippen MR) is 164 cm³/mol. The molecule has 1 amide bonds. The lowest BCUT2D eigenvalue weighted by Gasteiger charge is -2.36. The lowest BCUT2D eigenvalue weighted by atomic mass is 10.0. The zero-order valence-corrected chi connectivity index (χ0v) is 26.6. The number of hydrogen-bond donors (Lipinski definition) is 2. The van der Waals surface area contributed by atoms with E-state index in [2.05, 4.69) is 16.5 Å². The maximum absolute atomic E-state index is 14.1. The molecule has 0 unspecified atom stereocenters. The molecule has 2 aromatic rings. The number of benzene rings is 2. The SMILES string of the molecule is C[C@@H]1CN([C@@H](C)CO)C(=O)c2cc(NS(C)(=O)=O)ccc2O[C@@H](C)CCCCO[C@H]1CN(C)Cc1ccc2c(c1)OCO2. The number of rotatable bonds is 8. The van der Waals surface area contributed by atoms with Gasteiger partial charge >= 0.3 is 0 Å². The van der Waals surface area contributed by atoms with E-state index in [1.165, 1.54) is 6.07 Å². The number of aliphatic hydroxyl groups excluding tert-OH is 1. The van der Waals surface area contributed by atoms with Gasteiger partial charge in [-0.1, -0.05) is 13.0 Å². The van der Waals surface area contributed by atoms with E-state index in [1.807, 2.05) is 32.2 Å². The van der Waals surface area contributed by atoms with E-state index in [4.69, 9.17) is 18.9 Å². The minimum atomic E-state index is -3.56. The second-order valence-corrected chi connectivity index (χ2v) is 13.5. The number of aliphatic hydroxyl groups is 1. The molecule has 2 N–H and O–H groups in total. The van der Waals surface area contributed by atoms with Crippen molar-refractivity contribution < 1.29 is 37.3 Å². The minimum absolute atomic E-state index is 0.0827. The Kier molecular flexibility index (Phi) is 11.2. The zero-order chi connectivity index (χ0) is 31.1. The van der Waals surface area contributed by atoms with Crippen LogP contribution in [0.1, 0.15) is 56.0 Å². The number of nitrogens with one attached hydrogen (secondary N) is 1. The van der Waals surface area contributed by atoms with Gasteiger partial charge in [0.15, 0.2) is 11.5 Å². The van der Waals surface area contributed by atoms with Crippen LogP contribution < -0.4 is 18.9 Å². The van der Waals surface area contributed by atoms with Gasteiger partial charge in [0.05, 0.1) is 36.7 Å². The number of carbonyl (C=O) groups is 1. The summed E-state index contributed by atoms with van der Waals surface area (Å²) in [5, 5.41) is 10.1. The first-order chi connectivity index (χ1) is 20.4. The van der Waals surface area contributed by atoms with Crippen molar-refractivity contribution in [1.82, 2.24) is 9.80 Å². The molecule has 0 saturated carbocycles. The van der Waals surface area contributed by atoms with Crippen LogP contribution in [0.4, 0.5) is 5.69 Å². The number of ether oxygens (including phenoxy) is 4. The highest BCUT2D eigenvalue weighted by atomic mass is 32.2. The number of hydrogen-bond acceptors (Lipinski definition) is 9. The molecule has 2 aliphatic heterocycles. The zero-order valence-electron chi connectivity index (χ0n) is 25.7. The van der Waals surface area contributed by atoms with E-state index >= 15 is 0 Å². The molecule has 0 bridgehead atoms. The molecule has 0 spiro atoms. The van der Waals surface area contributed by atoms with Crippen molar-refractivity contribution >= 4 is 21.6 Å². The van der Waals surface area contributed by atoms with Gasteiger partial charge in [-0.3, -0.25) is 14.4 Å². The van der Waals surface area contributed by atoms with Crippen molar-refractivity contribution in [3.63, 3.8) is 0 Å². The second-order valence-electron chi connectivity index (χ2n) is 11.8. The molecule has 43 heavy (non-hydrogen) atoms.